The van der Waals surface area contributed by atoms with Gasteiger partial charge in [0, 0.05) is 20.0 Å². The molecule has 0 aliphatic carbocycles. The van der Waals surface area contributed by atoms with Gasteiger partial charge >= 0.3 is 5.97 Å². The summed E-state index contributed by atoms with van der Waals surface area (Å²) in [4.78, 5) is 35.7. The lowest BCUT2D eigenvalue weighted by Gasteiger charge is -2.31. The van der Waals surface area contributed by atoms with Crippen LogP contribution < -0.4 is 5.32 Å². The van der Waals surface area contributed by atoms with E-state index in [0.717, 1.165) is 6.42 Å². The van der Waals surface area contributed by atoms with Gasteiger partial charge in [0.2, 0.25) is 11.8 Å². The molecule has 1 fully saturated rings. The fraction of sp³-hybridized carbons (Fsp3) is 0.750. The highest BCUT2D eigenvalue weighted by Crippen LogP contribution is 2.16. The molecule has 0 spiro atoms. The van der Waals surface area contributed by atoms with E-state index >= 15 is 0 Å². The van der Waals surface area contributed by atoms with E-state index in [2.05, 4.69) is 10.1 Å². The maximum absolute atomic E-state index is 11.9. The number of aliphatic hydroxyl groups is 1. The van der Waals surface area contributed by atoms with Gasteiger partial charge in [-0.15, -0.1) is 0 Å². The third kappa shape index (κ3) is 4.51. The number of methoxy groups -OCH3 is 1. The molecule has 0 radical (unpaired) electrons. The van der Waals surface area contributed by atoms with E-state index in [1.54, 1.807) is 4.90 Å². The maximum Gasteiger partial charge on any atom is 0.336 e. The van der Waals surface area contributed by atoms with Crippen LogP contribution in [0.1, 0.15) is 19.8 Å². The van der Waals surface area contributed by atoms with Crippen LogP contribution in [0, 0.1) is 5.92 Å². The van der Waals surface area contributed by atoms with Gasteiger partial charge in [0.25, 0.3) is 0 Å². The summed E-state index contributed by atoms with van der Waals surface area (Å²) >= 11 is 0. The molecule has 0 saturated carbocycles. The minimum atomic E-state index is -1.36. The molecule has 2 unspecified atom stereocenters. The molecule has 0 aromatic rings. The Labute approximate surface area is 111 Å². The summed E-state index contributed by atoms with van der Waals surface area (Å²) in [5, 5.41) is 11.9. The Hall–Kier alpha value is -1.63. The SMILES string of the molecule is COC(=O)C(O)CNC(=O)C1CCCN(C(C)=O)C1. The Balaban J connectivity index is 2.41. The van der Waals surface area contributed by atoms with Crippen molar-refractivity contribution in [2.75, 3.05) is 26.7 Å². The lowest BCUT2D eigenvalue weighted by atomic mass is 9.97. The van der Waals surface area contributed by atoms with Crippen molar-refractivity contribution in [3.63, 3.8) is 0 Å². The summed E-state index contributed by atoms with van der Waals surface area (Å²) in [5.41, 5.74) is 0. The van der Waals surface area contributed by atoms with Gasteiger partial charge in [-0.25, -0.2) is 4.79 Å². The van der Waals surface area contributed by atoms with Crippen LogP contribution >= 0.6 is 0 Å². The van der Waals surface area contributed by atoms with Crippen molar-refractivity contribution in [1.82, 2.24) is 10.2 Å². The van der Waals surface area contributed by atoms with Gasteiger partial charge in [0.1, 0.15) is 0 Å². The lowest BCUT2D eigenvalue weighted by molar-refractivity contribution is -0.150. The maximum atomic E-state index is 11.9. The number of rotatable bonds is 4. The van der Waals surface area contributed by atoms with Crippen molar-refractivity contribution < 1.29 is 24.2 Å². The normalized spacial score (nSPS) is 20.6. The third-order valence-electron chi connectivity index (χ3n) is 3.18. The second kappa shape index (κ2) is 7.08. The van der Waals surface area contributed by atoms with Crippen LogP contribution in [0.15, 0.2) is 0 Å². The standard InChI is InChI=1S/C12H20N2O5/c1-8(15)14-5-3-4-9(7-14)11(17)13-6-10(16)12(18)19-2/h9-10,16H,3-7H2,1-2H3,(H,13,17). The van der Waals surface area contributed by atoms with Gasteiger partial charge in [-0.1, -0.05) is 0 Å². The van der Waals surface area contributed by atoms with E-state index in [9.17, 15) is 19.5 Å². The zero-order chi connectivity index (χ0) is 14.4. The molecule has 0 aromatic heterocycles. The number of esters is 1. The Kier molecular flexibility index (Phi) is 5.75. The van der Waals surface area contributed by atoms with Crippen molar-refractivity contribution in [3.05, 3.63) is 0 Å². The van der Waals surface area contributed by atoms with E-state index in [1.807, 2.05) is 0 Å². The van der Waals surface area contributed by atoms with Gasteiger partial charge in [-0.05, 0) is 12.8 Å². The first-order valence-electron chi connectivity index (χ1n) is 6.24. The predicted octanol–water partition coefficient (Wildman–Crippen LogP) is -1.10. The molecule has 0 bridgehead atoms. The van der Waals surface area contributed by atoms with Crippen LogP contribution in [0.5, 0.6) is 0 Å². The molecule has 2 atom stereocenters. The van der Waals surface area contributed by atoms with E-state index in [4.69, 9.17) is 0 Å². The summed E-state index contributed by atoms with van der Waals surface area (Å²) in [5.74, 6) is -1.38. The first-order valence-corrected chi connectivity index (χ1v) is 6.24. The second-order valence-corrected chi connectivity index (χ2v) is 4.59. The minimum absolute atomic E-state index is 0.0490. The number of hydrogen-bond donors (Lipinski definition) is 2. The average molecular weight is 272 g/mol. The van der Waals surface area contributed by atoms with Crippen LogP contribution in [-0.2, 0) is 19.1 Å². The van der Waals surface area contributed by atoms with E-state index in [1.165, 1.54) is 14.0 Å². The molecule has 0 aromatic carbocycles. The molecule has 2 amide bonds. The van der Waals surface area contributed by atoms with Crippen LogP contribution in [0.3, 0.4) is 0 Å². The van der Waals surface area contributed by atoms with Crippen LogP contribution in [-0.4, -0.2) is 60.6 Å². The number of likely N-dealkylation sites (tertiary alicyclic amines) is 1. The Morgan fingerprint density at radius 1 is 1.47 bits per heavy atom. The fourth-order valence-electron chi connectivity index (χ4n) is 2.04. The van der Waals surface area contributed by atoms with Gasteiger partial charge < -0.3 is 20.1 Å². The first kappa shape index (κ1) is 15.4. The molecule has 1 heterocycles. The number of piperidine rings is 1. The Bertz CT molecular complexity index is 358. The number of hydrogen-bond acceptors (Lipinski definition) is 5. The number of carbonyl (C=O) groups excluding carboxylic acids is 3. The van der Waals surface area contributed by atoms with Crippen molar-refractivity contribution in [1.29, 1.82) is 0 Å². The largest absolute Gasteiger partial charge is 0.467 e. The van der Waals surface area contributed by atoms with Crippen molar-refractivity contribution in [3.8, 4) is 0 Å². The number of ether oxygens (including phenoxy) is 1. The smallest absolute Gasteiger partial charge is 0.336 e. The zero-order valence-corrected chi connectivity index (χ0v) is 11.2. The number of amides is 2. The number of carbonyl (C=O) groups is 3. The van der Waals surface area contributed by atoms with Crippen molar-refractivity contribution in [2.45, 2.75) is 25.9 Å². The molecular formula is C12H20N2O5. The van der Waals surface area contributed by atoms with Crippen molar-refractivity contribution >= 4 is 17.8 Å². The van der Waals surface area contributed by atoms with Crippen molar-refractivity contribution in [2.24, 2.45) is 5.92 Å². The molecule has 7 nitrogen and oxygen atoms in total. The number of nitrogens with one attached hydrogen (secondary N) is 1. The van der Waals surface area contributed by atoms with Gasteiger partial charge in [0.15, 0.2) is 6.10 Å². The van der Waals surface area contributed by atoms with Gasteiger partial charge in [0.05, 0.1) is 19.6 Å². The van der Waals surface area contributed by atoms with E-state index in [0.29, 0.717) is 19.5 Å². The highest BCUT2D eigenvalue weighted by atomic mass is 16.5. The van der Waals surface area contributed by atoms with E-state index < -0.39 is 12.1 Å². The summed E-state index contributed by atoms with van der Waals surface area (Å²) in [6.45, 7) is 2.35. The summed E-state index contributed by atoms with van der Waals surface area (Å²) in [7, 11) is 1.17. The molecule has 7 heteroatoms. The Morgan fingerprint density at radius 3 is 2.74 bits per heavy atom. The Morgan fingerprint density at radius 2 is 2.16 bits per heavy atom. The highest BCUT2D eigenvalue weighted by Gasteiger charge is 2.27. The predicted molar refractivity (Wildman–Crippen MR) is 66.0 cm³/mol. The van der Waals surface area contributed by atoms with Gasteiger partial charge in [-0.3, -0.25) is 9.59 Å². The quantitative estimate of drug-likeness (QED) is 0.633. The van der Waals surface area contributed by atoms with Crippen LogP contribution in [0.4, 0.5) is 0 Å². The minimum Gasteiger partial charge on any atom is -0.467 e. The molecule has 1 rings (SSSR count). The van der Waals surface area contributed by atoms with Crippen LogP contribution in [0.25, 0.3) is 0 Å². The zero-order valence-electron chi connectivity index (χ0n) is 11.2. The van der Waals surface area contributed by atoms with E-state index in [-0.39, 0.29) is 24.3 Å². The summed E-state index contributed by atoms with van der Waals surface area (Å²) in [6, 6.07) is 0. The lowest BCUT2D eigenvalue weighted by Crippen LogP contribution is -2.46. The molecule has 2 N–H and O–H groups in total. The molecule has 108 valence electrons. The number of aliphatic hydroxyl groups excluding tert-OH is 1. The average Bonchev–Trinajstić information content (AvgIpc) is 2.43. The second-order valence-electron chi connectivity index (χ2n) is 4.59. The van der Waals surface area contributed by atoms with Crippen LogP contribution in [0.2, 0.25) is 0 Å². The fourth-order valence-corrected chi connectivity index (χ4v) is 2.04. The molecule has 1 aliphatic heterocycles. The summed E-state index contributed by atoms with van der Waals surface area (Å²) < 4.78 is 4.35. The topological polar surface area (TPSA) is 95.9 Å². The first-order chi connectivity index (χ1) is 8.95. The molecular weight excluding hydrogens is 252 g/mol. The highest BCUT2D eigenvalue weighted by molar-refractivity contribution is 5.81. The molecule has 19 heavy (non-hydrogen) atoms. The van der Waals surface area contributed by atoms with Gasteiger partial charge in [-0.2, -0.15) is 0 Å². The summed E-state index contributed by atoms with van der Waals surface area (Å²) in [6.07, 6.45) is 0.114. The third-order valence-corrected chi connectivity index (χ3v) is 3.18. The number of nitrogens with zero attached hydrogens (tertiary/aromatic N) is 1. The molecule has 1 saturated heterocycles. The molecule has 1 aliphatic rings. The monoisotopic (exact) mass is 272 g/mol.